The third-order valence-corrected chi connectivity index (χ3v) is 14.1. The van der Waals surface area contributed by atoms with Crippen molar-refractivity contribution < 1.29 is 14.3 Å². The second kappa shape index (κ2) is 8.83. The summed E-state index contributed by atoms with van der Waals surface area (Å²) in [5.74, 6) is 2.66. The third kappa shape index (κ3) is 3.28. The molecule has 0 N–H and O–H groups in total. The van der Waals surface area contributed by atoms with Crippen LogP contribution >= 0.6 is 0 Å². The molecule has 10 rings (SSSR count). The normalized spacial score (nSPS) is 40.3. The van der Waals surface area contributed by atoms with Gasteiger partial charge in [0.2, 0.25) is 0 Å². The van der Waals surface area contributed by atoms with Crippen molar-refractivity contribution >= 4 is 27.3 Å². The summed E-state index contributed by atoms with van der Waals surface area (Å²) in [6, 6.07) is 26.8. The Balaban J connectivity index is 1.04. The third-order valence-electron chi connectivity index (χ3n) is 14.1. The van der Waals surface area contributed by atoms with Gasteiger partial charge in [-0.25, -0.2) is 0 Å². The van der Waals surface area contributed by atoms with E-state index in [0.717, 1.165) is 44.4 Å². The zero-order valence-corrected chi connectivity index (χ0v) is 26.0. The fraction of sp³-hybridized carbons (Fsp3) is 0.488. The zero-order valence-electron chi connectivity index (χ0n) is 26.0. The molecule has 6 aliphatic rings. The van der Waals surface area contributed by atoms with Gasteiger partial charge in [-0.3, -0.25) is 4.79 Å². The largest absolute Gasteiger partial charge is 0.339 e. The van der Waals surface area contributed by atoms with Crippen molar-refractivity contribution in [1.29, 1.82) is 0 Å². The lowest BCUT2D eigenvalue weighted by Gasteiger charge is -2.61. The van der Waals surface area contributed by atoms with Gasteiger partial charge in [0, 0.05) is 24.7 Å². The van der Waals surface area contributed by atoms with Crippen LogP contribution in [-0.4, -0.2) is 11.6 Å². The molecule has 1 heterocycles. The number of Topliss-reactive ketones (excluding diaryl/α,β-unsaturated/α-hetero) is 1. The van der Waals surface area contributed by atoms with E-state index in [1.54, 1.807) is 0 Å². The van der Waals surface area contributed by atoms with Gasteiger partial charge < -0.3 is 9.47 Å². The molecule has 5 aliphatic carbocycles. The summed E-state index contributed by atoms with van der Waals surface area (Å²) in [6.45, 7) is 4.91. The number of rotatable bonds is 0. The van der Waals surface area contributed by atoms with Gasteiger partial charge in [-0.1, -0.05) is 86.6 Å². The van der Waals surface area contributed by atoms with Gasteiger partial charge in [-0.05, 0) is 111 Å². The highest BCUT2D eigenvalue weighted by Gasteiger charge is 2.64. The average molecular weight is 583 g/mol. The minimum absolute atomic E-state index is 0.0528. The first-order chi connectivity index (χ1) is 21.4. The molecule has 44 heavy (non-hydrogen) atoms. The second-order valence-electron chi connectivity index (χ2n) is 15.8. The van der Waals surface area contributed by atoms with Gasteiger partial charge in [0.1, 0.15) is 18.0 Å². The van der Waals surface area contributed by atoms with Crippen molar-refractivity contribution in [3.8, 4) is 11.1 Å². The van der Waals surface area contributed by atoms with Crippen molar-refractivity contribution in [2.24, 2.45) is 34.5 Å². The van der Waals surface area contributed by atoms with Gasteiger partial charge in [-0.2, -0.15) is 0 Å². The van der Waals surface area contributed by atoms with E-state index in [1.807, 2.05) is 0 Å². The predicted octanol–water partition coefficient (Wildman–Crippen LogP) is 10.1. The van der Waals surface area contributed by atoms with E-state index < -0.39 is 5.79 Å². The number of benzene rings is 4. The Bertz CT molecular complexity index is 1780. The molecule has 5 fully saturated rings. The Hall–Kier alpha value is -3.01. The van der Waals surface area contributed by atoms with Crippen LogP contribution in [0.5, 0.6) is 0 Å². The second-order valence-corrected chi connectivity index (χ2v) is 15.8. The fourth-order valence-electron chi connectivity index (χ4n) is 11.9. The topological polar surface area (TPSA) is 35.5 Å². The smallest absolute Gasteiger partial charge is 0.170 e. The highest BCUT2D eigenvalue weighted by Crippen LogP contribution is 2.69. The first kappa shape index (κ1) is 26.2. The van der Waals surface area contributed by atoms with Gasteiger partial charge >= 0.3 is 0 Å². The molecule has 4 aromatic carbocycles. The van der Waals surface area contributed by atoms with Crippen LogP contribution in [0.4, 0.5) is 0 Å². The molecule has 4 saturated carbocycles. The summed E-state index contributed by atoms with van der Waals surface area (Å²) in [7, 11) is 0. The standard InChI is InChI=1S/C41H42O3/c1-39-21-22-41(23-26(39)13-16-29-32-17-18-34(42)40(32,2)20-19-33(29)39)43-37-30-14-11-24-7-3-5-9-27(24)35(30)36-28-10-6-4-8-25(28)12-15-31(36)38(37)44-41/h3-12,14-15,26,29,32-33,37-38H,13,16-23H2,1-2H3/t26-,29-,32-,33-,37+,38+,39-,40-/m0/s1. The molecule has 0 unspecified atom stereocenters. The lowest BCUT2D eigenvalue weighted by atomic mass is 9.45. The highest BCUT2D eigenvalue weighted by atomic mass is 16.8. The Morgan fingerprint density at radius 1 is 0.659 bits per heavy atom. The monoisotopic (exact) mass is 582 g/mol. The maximum absolute atomic E-state index is 12.9. The molecule has 3 heteroatoms. The molecule has 1 spiro atoms. The summed E-state index contributed by atoms with van der Waals surface area (Å²) in [4.78, 5) is 12.9. The molecule has 3 nitrogen and oxygen atoms in total. The summed E-state index contributed by atoms with van der Waals surface area (Å²) in [5, 5.41) is 5.15. The van der Waals surface area contributed by atoms with Crippen LogP contribution in [-0.2, 0) is 14.3 Å². The van der Waals surface area contributed by atoms with Crippen LogP contribution in [0, 0.1) is 34.5 Å². The Kier molecular flexibility index (Phi) is 5.26. The van der Waals surface area contributed by atoms with E-state index in [9.17, 15) is 4.79 Å². The number of ether oxygens (including phenoxy) is 2. The summed E-state index contributed by atoms with van der Waals surface area (Å²) in [6.07, 6.45) is 9.68. The molecule has 8 atom stereocenters. The predicted molar refractivity (Wildman–Crippen MR) is 174 cm³/mol. The van der Waals surface area contributed by atoms with Crippen molar-refractivity contribution in [2.45, 2.75) is 89.6 Å². The first-order valence-corrected chi connectivity index (χ1v) is 17.3. The highest BCUT2D eigenvalue weighted by molar-refractivity contribution is 6.08. The van der Waals surface area contributed by atoms with Crippen LogP contribution in [0.2, 0.25) is 0 Å². The van der Waals surface area contributed by atoms with E-state index in [-0.39, 0.29) is 17.6 Å². The van der Waals surface area contributed by atoms with E-state index in [0.29, 0.717) is 29.0 Å². The zero-order chi connectivity index (χ0) is 29.4. The van der Waals surface area contributed by atoms with Crippen LogP contribution in [0.25, 0.3) is 32.7 Å². The van der Waals surface area contributed by atoms with Crippen LogP contribution in [0.15, 0.2) is 72.8 Å². The Labute approximate surface area is 260 Å². The van der Waals surface area contributed by atoms with Crippen molar-refractivity contribution in [3.05, 3.63) is 83.9 Å². The van der Waals surface area contributed by atoms with Crippen molar-refractivity contribution in [2.75, 3.05) is 0 Å². The summed E-state index contributed by atoms with van der Waals surface area (Å²) in [5.41, 5.74) is 5.48. The molecule has 4 aromatic rings. The molecule has 0 radical (unpaired) electrons. The van der Waals surface area contributed by atoms with Crippen LogP contribution < -0.4 is 0 Å². The van der Waals surface area contributed by atoms with Crippen LogP contribution in [0.3, 0.4) is 0 Å². The SMILES string of the molecule is C[C@]12CCC3(C[C@@H]1CC[C@@H]1[C@@H]2CC[C@]2(C)C(=O)CC[C@@H]12)O[C@@H]1c2ccc4ccccc4c2-c2c(ccc4ccccc24)[C@H]1O3. The Morgan fingerprint density at radius 3 is 1.95 bits per heavy atom. The maximum Gasteiger partial charge on any atom is 0.170 e. The maximum atomic E-state index is 12.9. The molecule has 0 amide bonds. The first-order valence-electron chi connectivity index (χ1n) is 17.3. The molecular formula is C41H42O3. The molecule has 0 bridgehead atoms. The summed E-state index contributed by atoms with van der Waals surface area (Å²) < 4.78 is 14.6. The number of carbonyl (C=O) groups is 1. The van der Waals surface area contributed by atoms with Gasteiger partial charge in [-0.15, -0.1) is 0 Å². The molecule has 1 aliphatic heterocycles. The van der Waals surface area contributed by atoms with Gasteiger partial charge in [0.15, 0.2) is 5.79 Å². The van der Waals surface area contributed by atoms with E-state index >= 15 is 0 Å². The van der Waals surface area contributed by atoms with Crippen molar-refractivity contribution in [1.82, 2.24) is 0 Å². The summed E-state index contributed by atoms with van der Waals surface area (Å²) >= 11 is 0. The van der Waals surface area contributed by atoms with E-state index in [1.165, 1.54) is 63.1 Å². The quantitative estimate of drug-likeness (QED) is 0.207. The number of ketones is 1. The van der Waals surface area contributed by atoms with Crippen molar-refractivity contribution in [3.63, 3.8) is 0 Å². The van der Waals surface area contributed by atoms with Crippen LogP contribution in [0.1, 0.15) is 95.0 Å². The molecule has 224 valence electrons. The minimum atomic E-state index is -0.533. The minimum Gasteiger partial charge on any atom is -0.339 e. The average Bonchev–Trinajstić information content (AvgIpc) is 3.58. The van der Waals surface area contributed by atoms with E-state index in [2.05, 4.69) is 86.6 Å². The lowest BCUT2D eigenvalue weighted by molar-refractivity contribution is -0.240. The fourth-order valence-corrected chi connectivity index (χ4v) is 11.9. The van der Waals surface area contributed by atoms with E-state index in [4.69, 9.17) is 9.47 Å². The Morgan fingerprint density at radius 2 is 1.30 bits per heavy atom. The molecular weight excluding hydrogens is 540 g/mol. The number of fused-ring (bicyclic) bond motifs is 15. The lowest BCUT2D eigenvalue weighted by Crippen LogP contribution is -2.56. The molecule has 1 saturated heterocycles. The molecule has 0 aromatic heterocycles. The van der Waals surface area contributed by atoms with Gasteiger partial charge in [0.05, 0.1) is 0 Å². The number of hydrogen-bond donors (Lipinski definition) is 0. The number of hydrogen-bond acceptors (Lipinski definition) is 3. The van der Waals surface area contributed by atoms with Gasteiger partial charge in [0.25, 0.3) is 0 Å². The number of carbonyl (C=O) groups excluding carboxylic acids is 1.